The van der Waals surface area contributed by atoms with E-state index >= 15 is 0 Å². The molecule has 2 heterocycles. The average Bonchev–Trinajstić information content (AvgIpc) is 3.03. The van der Waals surface area contributed by atoms with E-state index in [0.29, 0.717) is 24.7 Å². The molecule has 1 N–H and O–H groups in total. The van der Waals surface area contributed by atoms with Crippen molar-refractivity contribution in [3.05, 3.63) is 102 Å². The van der Waals surface area contributed by atoms with Crippen LogP contribution in [0.15, 0.2) is 96.2 Å². The lowest BCUT2D eigenvalue weighted by atomic mass is 10.0. The number of benzene rings is 2. The van der Waals surface area contributed by atoms with Gasteiger partial charge >= 0.3 is 5.97 Å². The van der Waals surface area contributed by atoms with E-state index < -0.39 is 10.0 Å². The van der Waals surface area contributed by atoms with Crippen LogP contribution < -0.4 is 10.1 Å². The number of esters is 1. The zero-order chi connectivity index (χ0) is 31.2. The number of sulfonamides is 1. The maximum atomic E-state index is 13.7. The first-order valence-corrected chi connectivity index (χ1v) is 16.4. The normalized spacial score (nSPS) is 11.3. The molecule has 0 aliphatic rings. The summed E-state index contributed by atoms with van der Waals surface area (Å²) in [6, 6.07) is 26.2. The van der Waals surface area contributed by atoms with E-state index in [-0.39, 0.29) is 24.1 Å². The Morgan fingerprint density at radius 3 is 2.41 bits per heavy atom. The summed E-state index contributed by atoms with van der Waals surface area (Å²) in [5.74, 6) is 1.25. The van der Waals surface area contributed by atoms with Crippen LogP contribution in [0.3, 0.4) is 0 Å². The fourth-order valence-corrected chi connectivity index (χ4v) is 5.99. The van der Waals surface area contributed by atoms with Gasteiger partial charge in [0.05, 0.1) is 25.5 Å². The highest BCUT2D eigenvalue weighted by molar-refractivity contribution is 7.89. The lowest BCUT2D eigenvalue weighted by Gasteiger charge is -2.22. The number of hydrogen-bond donors (Lipinski definition) is 1. The monoisotopic (exact) mass is 616 g/mol. The van der Waals surface area contributed by atoms with Crippen molar-refractivity contribution in [3.63, 3.8) is 0 Å². The minimum atomic E-state index is -3.91. The largest absolute Gasteiger partial charge is 0.494 e. The molecule has 2 aromatic heterocycles. The molecule has 0 bridgehead atoms. The van der Waals surface area contributed by atoms with Gasteiger partial charge in [0, 0.05) is 26.2 Å². The van der Waals surface area contributed by atoms with Crippen LogP contribution in [0, 0.1) is 0 Å². The Morgan fingerprint density at radius 1 is 0.864 bits per heavy atom. The van der Waals surface area contributed by atoms with Gasteiger partial charge in [-0.3, -0.25) is 4.79 Å². The second kappa shape index (κ2) is 16.5. The van der Waals surface area contributed by atoms with Crippen molar-refractivity contribution in [2.45, 2.75) is 57.6 Å². The Labute approximate surface area is 260 Å². The van der Waals surface area contributed by atoms with Crippen molar-refractivity contribution < 1.29 is 22.7 Å². The Hall–Kier alpha value is -4.28. The second-order valence-electron chi connectivity index (χ2n) is 10.3. The van der Waals surface area contributed by atoms with E-state index in [1.54, 1.807) is 12.1 Å². The molecule has 0 fully saturated rings. The van der Waals surface area contributed by atoms with Crippen molar-refractivity contribution >= 4 is 21.8 Å². The van der Waals surface area contributed by atoms with Crippen molar-refractivity contribution in [1.29, 1.82) is 0 Å². The fraction of sp³-hybridized carbons (Fsp3) is 0.324. The van der Waals surface area contributed by atoms with Gasteiger partial charge in [0.2, 0.25) is 0 Å². The Morgan fingerprint density at radius 2 is 1.66 bits per heavy atom. The van der Waals surface area contributed by atoms with Crippen molar-refractivity contribution in [1.82, 2.24) is 14.3 Å². The third-order valence-corrected chi connectivity index (χ3v) is 8.57. The lowest BCUT2D eigenvalue weighted by Crippen LogP contribution is -2.31. The van der Waals surface area contributed by atoms with Crippen molar-refractivity contribution in [2.24, 2.45) is 0 Å². The summed E-state index contributed by atoms with van der Waals surface area (Å²) in [5, 5.41) is 3.33. The topological polar surface area (TPSA) is 111 Å². The average molecular weight is 617 g/mol. The summed E-state index contributed by atoms with van der Waals surface area (Å²) in [4.78, 5) is 19.7. The van der Waals surface area contributed by atoms with Gasteiger partial charge in [0.25, 0.3) is 10.0 Å². The van der Waals surface area contributed by atoms with Gasteiger partial charge in [-0.05, 0) is 79.3 Å². The van der Waals surface area contributed by atoms with E-state index in [0.717, 1.165) is 54.7 Å². The predicted octanol–water partition coefficient (Wildman–Crippen LogP) is 6.47. The molecule has 232 valence electrons. The number of anilines is 1. The summed E-state index contributed by atoms with van der Waals surface area (Å²) in [7, 11) is -3.91. The van der Waals surface area contributed by atoms with Crippen LogP contribution in [0.25, 0.3) is 11.1 Å². The lowest BCUT2D eigenvalue weighted by molar-refractivity contribution is -0.141. The molecular formula is C34H40N4O5S. The number of rotatable bonds is 17. The third kappa shape index (κ3) is 9.89. The highest BCUT2D eigenvalue weighted by Gasteiger charge is 2.26. The molecule has 4 aromatic rings. The van der Waals surface area contributed by atoms with Gasteiger partial charge < -0.3 is 14.8 Å². The van der Waals surface area contributed by atoms with Crippen LogP contribution in [0.2, 0.25) is 0 Å². The van der Waals surface area contributed by atoms with E-state index in [4.69, 9.17) is 14.5 Å². The predicted molar refractivity (Wildman–Crippen MR) is 172 cm³/mol. The minimum Gasteiger partial charge on any atom is -0.494 e. The van der Waals surface area contributed by atoms with Gasteiger partial charge in [-0.15, -0.1) is 0 Å². The third-order valence-electron chi connectivity index (χ3n) is 6.86. The molecule has 2 aromatic carbocycles. The molecule has 0 amide bonds. The minimum absolute atomic E-state index is 0.00709. The SMILES string of the molecule is CCOc1cccc(-c2ccc(CN(Cc3cccc(NCCCCCCOC(C)=O)n3)S(=O)(=O)c3ccccn3)cc2)c1. The second-order valence-corrected chi connectivity index (χ2v) is 12.2. The molecule has 10 heteroatoms. The van der Waals surface area contributed by atoms with Gasteiger partial charge in [0.1, 0.15) is 11.6 Å². The van der Waals surface area contributed by atoms with Gasteiger partial charge in [-0.25, -0.2) is 18.4 Å². The van der Waals surface area contributed by atoms with Gasteiger partial charge in [-0.1, -0.05) is 55.0 Å². The highest BCUT2D eigenvalue weighted by Crippen LogP contribution is 2.26. The van der Waals surface area contributed by atoms with Crippen molar-refractivity contribution in [3.8, 4) is 16.9 Å². The smallest absolute Gasteiger partial charge is 0.302 e. The summed E-state index contributed by atoms with van der Waals surface area (Å²) in [6.07, 6.45) is 5.25. The number of pyridine rings is 2. The maximum Gasteiger partial charge on any atom is 0.302 e. The molecule has 0 saturated heterocycles. The van der Waals surface area contributed by atoms with Crippen LogP contribution in [0.5, 0.6) is 5.75 Å². The van der Waals surface area contributed by atoms with E-state index in [9.17, 15) is 13.2 Å². The zero-order valence-corrected chi connectivity index (χ0v) is 26.1. The van der Waals surface area contributed by atoms with E-state index in [1.807, 2.05) is 73.7 Å². The first-order chi connectivity index (χ1) is 21.3. The Kier molecular flexibility index (Phi) is 12.3. The van der Waals surface area contributed by atoms with Gasteiger partial charge in [-0.2, -0.15) is 4.31 Å². The summed E-state index contributed by atoms with van der Waals surface area (Å²) >= 11 is 0. The fourth-order valence-electron chi connectivity index (χ4n) is 4.66. The molecule has 44 heavy (non-hydrogen) atoms. The number of nitrogens with zero attached hydrogens (tertiary/aromatic N) is 3. The Balaban J connectivity index is 1.44. The summed E-state index contributed by atoms with van der Waals surface area (Å²) < 4.78 is 39.5. The molecule has 0 radical (unpaired) electrons. The van der Waals surface area contributed by atoms with Crippen LogP contribution in [-0.2, 0) is 32.6 Å². The van der Waals surface area contributed by atoms with Gasteiger partial charge in [0.15, 0.2) is 5.03 Å². The Bertz CT molecular complexity index is 1580. The molecule has 0 spiro atoms. The van der Waals surface area contributed by atoms with Crippen LogP contribution >= 0.6 is 0 Å². The number of nitrogens with one attached hydrogen (secondary N) is 1. The first-order valence-electron chi connectivity index (χ1n) is 14.9. The quantitative estimate of drug-likeness (QED) is 0.106. The molecule has 9 nitrogen and oxygen atoms in total. The van der Waals surface area contributed by atoms with E-state index in [1.165, 1.54) is 23.5 Å². The molecule has 4 rings (SSSR count). The first kappa shape index (κ1) is 32.6. The molecule has 0 aliphatic heterocycles. The number of unbranched alkanes of at least 4 members (excludes halogenated alkanes) is 3. The molecule has 0 atom stereocenters. The summed E-state index contributed by atoms with van der Waals surface area (Å²) in [6.45, 7) is 5.40. The van der Waals surface area contributed by atoms with Crippen molar-refractivity contribution in [2.75, 3.05) is 25.1 Å². The molecule has 0 saturated carbocycles. The number of hydrogen-bond acceptors (Lipinski definition) is 8. The standard InChI is InChI=1S/C34H40N4O5S/c1-3-42-32-14-10-12-30(24-32)29-19-17-28(18-20-29)25-38(44(40,41)34-16-6-8-22-36-34)26-31-13-11-15-33(37-31)35-21-7-4-5-9-23-43-27(2)39/h6,8,10-20,22,24H,3-5,7,9,21,23,25-26H2,1-2H3,(H,35,37). The number of ether oxygens (including phenoxy) is 2. The highest BCUT2D eigenvalue weighted by atomic mass is 32.2. The van der Waals surface area contributed by atoms with Crippen LogP contribution in [0.4, 0.5) is 5.82 Å². The van der Waals surface area contributed by atoms with Crippen LogP contribution in [0.1, 0.15) is 50.8 Å². The maximum absolute atomic E-state index is 13.7. The van der Waals surface area contributed by atoms with E-state index in [2.05, 4.69) is 10.3 Å². The number of carbonyl (C=O) groups excluding carboxylic acids is 1. The molecule has 0 unspecified atom stereocenters. The summed E-state index contributed by atoms with van der Waals surface area (Å²) in [5.41, 5.74) is 3.51. The number of aromatic nitrogens is 2. The number of carbonyl (C=O) groups is 1. The van der Waals surface area contributed by atoms with Crippen LogP contribution in [-0.4, -0.2) is 48.4 Å². The zero-order valence-electron chi connectivity index (χ0n) is 25.3. The molecule has 0 aliphatic carbocycles. The molecular weight excluding hydrogens is 576 g/mol.